The van der Waals surface area contributed by atoms with Crippen LogP contribution in [0, 0.1) is 0 Å². The highest BCUT2D eigenvalue weighted by molar-refractivity contribution is 7.99. The van der Waals surface area contributed by atoms with E-state index < -0.39 is 17.0 Å². The first-order valence-electron chi connectivity index (χ1n) is 8.76. The van der Waals surface area contributed by atoms with Gasteiger partial charge in [0, 0.05) is 12.6 Å². The van der Waals surface area contributed by atoms with E-state index in [1.807, 2.05) is 35.8 Å². The third-order valence-electron chi connectivity index (χ3n) is 4.64. The maximum Gasteiger partial charge on any atom is 0.330 e. The first-order chi connectivity index (χ1) is 13.0. The van der Waals surface area contributed by atoms with Gasteiger partial charge in [-0.15, -0.1) is 0 Å². The van der Waals surface area contributed by atoms with Crippen LogP contribution in [0.15, 0.2) is 39.0 Å². The van der Waals surface area contributed by atoms with Gasteiger partial charge in [0.05, 0.1) is 16.8 Å². The van der Waals surface area contributed by atoms with Gasteiger partial charge in [-0.3, -0.25) is 19.1 Å². The molecule has 2 heterocycles. The lowest BCUT2D eigenvalue weighted by molar-refractivity contribution is 0.102. The van der Waals surface area contributed by atoms with Gasteiger partial charge in [0.2, 0.25) is 0 Å². The van der Waals surface area contributed by atoms with E-state index >= 15 is 0 Å². The summed E-state index contributed by atoms with van der Waals surface area (Å²) in [6.07, 6.45) is 1.64. The van der Waals surface area contributed by atoms with Crippen LogP contribution in [0.25, 0.3) is 11.0 Å². The van der Waals surface area contributed by atoms with Gasteiger partial charge in [-0.1, -0.05) is 23.9 Å². The third kappa shape index (κ3) is 3.08. The number of aryl methyl sites for hydroxylation is 1. The number of H-pyrrole nitrogens is 1. The molecule has 1 fully saturated rings. The van der Waals surface area contributed by atoms with Gasteiger partial charge in [-0.25, -0.2) is 9.78 Å². The number of nitrogens with two attached hydrogens (primary N) is 1. The predicted octanol–water partition coefficient (Wildman–Crippen LogP) is 1.80. The number of anilines is 1. The summed E-state index contributed by atoms with van der Waals surface area (Å²) in [6, 6.07) is 7.72. The molecule has 0 aliphatic heterocycles. The van der Waals surface area contributed by atoms with E-state index in [1.165, 1.54) is 16.3 Å². The summed E-state index contributed by atoms with van der Waals surface area (Å²) in [5.41, 5.74) is 6.42. The SMILES string of the molecule is CCn1c(SCC(=O)c2c(N)n(C3CC3)c(=O)[nH]c2=O)nc2ccccc21. The number of Topliss-reactive ketones (excluding diaryl/α,β-unsaturated/α-hetero) is 1. The Kier molecular flexibility index (Phi) is 4.39. The van der Waals surface area contributed by atoms with Gasteiger partial charge >= 0.3 is 5.69 Å². The van der Waals surface area contributed by atoms with Crippen LogP contribution in [0.3, 0.4) is 0 Å². The number of thioether (sulfide) groups is 1. The van der Waals surface area contributed by atoms with Crippen molar-refractivity contribution in [2.24, 2.45) is 0 Å². The van der Waals surface area contributed by atoms with Crippen LogP contribution in [0.1, 0.15) is 36.2 Å². The minimum absolute atomic E-state index is 0.0134. The smallest absolute Gasteiger partial charge is 0.330 e. The zero-order valence-corrected chi connectivity index (χ0v) is 15.6. The maximum absolute atomic E-state index is 12.7. The Labute approximate surface area is 158 Å². The Morgan fingerprint density at radius 2 is 2.07 bits per heavy atom. The van der Waals surface area contributed by atoms with Gasteiger partial charge < -0.3 is 10.3 Å². The number of carbonyl (C=O) groups is 1. The first-order valence-corrected chi connectivity index (χ1v) is 9.75. The second kappa shape index (κ2) is 6.73. The summed E-state index contributed by atoms with van der Waals surface area (Å²) in [4.78, 5) is 43.6. The molecule has 1 aromatic carbocycles. The second-order valence-electron chi connectivity index (χ2n) is 6.46. The number of aromatic amines is 1. The summed E-state index contributed by atoms with van der Waals surface area (Å²) in [6.45, 7) is 2.72. The number of ketones is 1. The van der Waals surface area contributed by atoms with Crippen molar-refractivity contribution in [3.63, 3.8) is 0 Å². The number of fused-ring (bicyclic) bond motifs is 1. The fourth-order valence-corrected chi connectivity index (χ4v) is 4.15. The number of hydrogen-bond donors (Lipinski definition) is 2. The van der Waals surface area contributed by atoms with Crippen molar-refractivity contribution in [2.75, 3.05) is 11.5 Å². The van der Waals surface area contributed by atoms with E-state index in [-0.39, 0.29) is 23.2 Å². The lowest BCUT2D eigenvalue weighted by Gasteiger charge is -2.11. The molecule has 9 heteroatoms. The average molecular weight is 385 g/mol. The lowest BCUT2D eigenvalue weighted by Crippen LogP contribution is -2.36. The fourth-order valence-electron chi connectivity index (χ4n) is 3.20. The number of hydrogen-bond acceptors (Lipinski definition) is 6. The number of nitrogen functional groups attached to an aromatic ring is 1. The zero-order valence-electron chi connectivity index (χ0n) is 14.8. The molecular weight excluding hydrogens is 366 g/mol. The molecule has 4 rings (SSSR count). The van der Waals surface area contributed by atoms with Crippen molar-refractivity contribution in [2.45, 2.75) is 37.5 Å². The van der Waals surface area contributed by atoms with Crippen molar-refractivity contribution < 1.29 is 4.79 Å². The Bertz CT molecular complexity index is 1160. The minimum Gasteiger partial charge on any atom is -0.384 e. The van der Waals surface area contributed by atoms with Crippen molar-refractivity contribution in [1.82, 2.24) is 19.1 Å². The number of nitrogens with zero attached hydrogens (tertiary/aromatic N) is 3. The molecule has 0 radical (unpaired) electrons. The van der Waals surface area contributed by atoms with Gasteiger partial charge in [0.25, 0.3) is 5.56 Å². The van der Waals surface area contributed by atoms with Gasteiger partial charge in [0.15, 0.2) is 10.9 Å². The fraction of sp³-hybridized carbons (Fsp3) is 0.333. The summed E-state index contributed by atoms with van der Waals surface area (Å²) in [5.74, 6) is -0.442. The van der Waals surface area contributed by atoms with Crippen molar-refractivity contribution in [3.05, 3.63) is 50.7 Å². The molecule has 0 saturated heterocycles. The Balaban J connectivity index is 1.63. The molecule has 140 valence electrons. The molecule has 8 nitrogen and oxygen atoms in total. The number of benzene rings is 1. The van der Waals surface area contributed by atoms with E-state index in [4.69, 9.17) is 5.73 Å². The molecule has 1 aliphatic rings. The molecule has 1 aliphatic carbocycles. The second-order valence-corrected chi connectivity index (χ2v) is 7.40. The largest absolute Gasteiger partial charge is 0.384 e. The first kappa shape index (κ1) is 17.6. The van der Waals surface area contributed by atoms with Crippen LogP contribution in [0.2, 0.25) is 0 Å². The summed E-state index contributed by atoms with van der Waals surface area (Å²) in [7, 11) is 0. The minimum atomic E-state index is -0.732. The number of imidazole rings is 1. The highest BCUT2D eigenvalue weighted by atomic mass is 32.2. The standard InChI is InChI=1S/C18H19N5O3S/c1-2-22-12-6-4-3-5-11(12)20-18(22)27-9-13(24)14-15(19)23(10-7-8-10)17(26)21-16(14)25/h3-6,10H,2,7-9,19H2,1H3,(H,21,25,26). The highest BCUT2D eigenvalue weighted by Crippen LogP contribution is 2.35. The van der Waals surface area contributed by atoms with E-state index in [0.29, 0.717) is 11.7 Å². The van der Waals surface area contributed by atoms with Crippen molar-refractivity contribution in [3.8, 4) is 0 Å². The maximum atomic E-state index is 12.7. The Hall–Kier alpha value is -2.81. The van der Waals surface area contributed by atoms with Crippen molar-refractivity contribution in [1.29, 1.82) is 0 Å². The molecular formula is C18H19N5O3S. The van der Waals surface area contributed by atoms with Crippen LogP contribution in [-0.4, -0.2) is 30.6 Å². The molecule has 0 amide bonds. The molecule has 0 bridgehead atoms. The molecule has 0 unspecified atom stereocenters. The Morgan fingerprint density at radius 3 is 2.78 bits per heavy atom. The van der Waals surface area contributed by atoms with Crippen LogP contribution >= 0.6 is 11.8 Å². The summed E-state index contributed by atoms with van der Waals surface area (Å²) < 4.78 is 3.34. The van der Waals surface area contributed by atoms with Crippen LogP contribution < -0.4 is 17.0 Å². The number of nitrogens with one attached hydrogen (secondary N) is 1. The van der Waals surface area contributed by atoms with Gasteiger partial charge in [0.1, 0.15) is 11.4 Å². The number of carbonyl (C=O) groups excluding carboxylic acids is 1. The topological polar surface area (TPSA) is 116 Å². The molecule has 0 spiro atoms. The predicted molar refractivity (Wildman–Crippen MR) is 104 cm³/mol. The third-order valence-corrected chi connectivity index (χ3v) is 5.62. The number of aromatic nitrogens is 4. The summed E-state index contributed by atoms with van der Waals surface area (Å²) >= 11 is 1.26. The lowest BCUT2D eigenvalue weighted by atomic mass is 10.2. The van der Waals surface area contributed by atoms with Gasteiger partial charge in [-0.05, 0) is 31.9 Å². The molecule has 2 aromatic heterocycles. The number of rotatable bonds is 6. The van der Waals surface area contributed by atoms with Crippen molar-refractivity contribution >= 4 is 34.4 Å². The highest BCUT2D eigenvalue weighted by Gasteiger charge is 2.30. The molecule has 3 N–H and O–H groups in total. The summed E-state index contributed by atoms with van der Waals surface area (Å²) in [5, 5.41) is 0.706. The van der Waals surface area contributed by atoms with Gasteiger partial charge in [-0.2, -0.15) is 0 Å². The molecule has 27 heavy (non-hydrogen) atoms. The zero-order chi connectivity index (χ0) is 19.1. The van der Waals surface area contributed by atoms with Crippen LogP contribution in [-0.2, 0) is 6.54 Å². The number of para-hydroxylation sites is 2. The normalized spacial score (nSPS) is 14.0. The van der Waals surface area contributed by atoms with E-state index in [9.17, 15) is 14.4 Å². The van der Waals surface area contributed by atoms with Crippen LogP contribution in [0.5, 0.6) is 0 Å². The van der Waals surface area contributed by atoms with E-state index in [1.54, 1.807) is 0 Å². The van der Waals surface area contributed by atoms with E-state index in [0.717, 1.165) is 23.9 Å². The molecule has 1 saturated carbocycles. The average Bonchev–Trinajstić information content (AvgIpc) is 3.39. The monoisotopic (exact) mass is 385 g/mol. The molecule has 0 atom stereocenters. The Morgan fingerprint density at radius 1 is 1.33 bits per heavy atom. The van der Waals surface area contributed by atoms with E-state index in [2.05, 4.69) is 9.97 Å². The molecule has 3 aromatic rings. The van der Waals surface area contributed by atoms with Crippen LogP contribution in [0.4, 0.5) is 5.82 Å². The quantitative estimate of drug-likeness (QED) is 0.494.